The summed E-state index contributed by atoms with van der Waals surface area (Å²) in [6.45, 7) is 5.50. The minimum absolute atomic E-state index is 0.210. The molecular formula is C24H26N3O5-. The Kier molecular flexibility index (Phi) is 6.85. The number of benzene rings is 2. The maximum atomic E-state index is 12.6. The van der Waals surface area contributed by atoms with Crippen molar-refractivity contribution < 1.29 is 14.3 Å². The molecule has 3 aromatic rings. The highest BCUT2D eigenvalue weighted by Crippen LogP contribution is 2.32. The van der Waals surface area contributed by atoms with Gasteiger partial charge in [-0.05, 0) is 62.2 Å². The maximum absolute atomic E-state index is 12.6. The predicted molar refractivity (Wildman–Crippen MR) is 125 cm³/mol. The molecule has 0 saturated carbocycles. The van der Waals surface area contributed by atoms with Crippen LogP contribution in [-0.4, -0.2) is 23.4 Å². The molecule has 2 aromatic carbocycles. The van der Waals surface area contributed by atoms with Crippen LogP contribution in [0.3, 0.4) is 0 Å². The summed E-state index contributed by atoms with van der Waals surface area (Å²) >= 11 is 0. The van der Waals surface area contributed by atoms with E-state index in [1.54, 1.807) is 64.3 Å². The maximum Gasteiger partial charge on any atom is 0.413 e. The quantitative estimate of drug-likeness (QED) is 0.537. The van der Waals surface area contributed by atoms with Crippen molar-refractivity contribution in [2.75, 3.05) is 17.9 Å². The first kappa shape index (κ1) is 22.9. The highest BCUT2D eigenvalue weighted by molar-refractivity contribution is 5.83. The van der Waals surface area contributed by atoms with Gasteiger partial charge in [-0.2, -0.15) is 0 Å². The lowest BCUT2D eigenvalue weighted by molar-refractivity contribution is 0.0634. The van der Waals surface area contributed by atoms with Crippen LogP contribution in [0.15, 0.2) is 65.5 Å². The van der Waals surface area contributed by atoms with Crippen molar-refractivity contribution in [3.63, 3.8) is 0 Å². The van der Waals surface area contributed by atoms with E-state index in [1.165, 1.54) is 10.6 Å². The Labute approximate surface area is 186 Å². The van der Waals surface area contributed by atoms with E-state index in [2.05, 4.69) is 5.32 Å². The SMILES string of the molecule is COc1ccc(Cn2c(NC(=O)OC(C)(C)C)cccc2=O)cc1-c1cccc(N[O-])c1. The average Bonchev–Trinajstić information content (AvgIpc) is 2.74. The van der Waals surface area contributed by atoms with Gasteiger partial charge < -0.3 is 20.2 Å². The van der Waals surface area contributed by atoms with Crippen molar-refractivity contribution in [3.8, 4) is 16.9 Å². The van der Waals surface area contributed by atoms with E-state index in [4.69, 9.17) is 9.47 Å². The highest BCUT2D eigenvalue weighted by Gasteiger charge is 2.18. The fourth-order valence-corrected chi connectivity index (χ4v) is 3.21. The number of anilines is 2. The van der Waals surface area contributed by atoms with Crippen LogP contribution >= 0.6 is 0 Å². The molecule has 0 fully saturated rings. The molecule has 3 rings (SSSR count). The van der Waals surface area contributed by atoms with E-state index in [0.29, 0.717) is 17.3 Å². The predicted octanol–water partition coefficient (Wildman–Crippen LogP) is 4.83. The monoisotopic (exact) mass is 436 g/mol. The molecule has 1 amide bonds. The highest BCUT2D eigenvalue weighted by atomic mass is 16.6. The number of rotatable bonds is 6. The second kappa shape index (κ2) is 9.57. The van der Waals surface area contributed by atoms with Crippen LogP contribution in [-0.2, 0) is 11.3 Å². The molecule has 32 heavy (non-hydrogen) atoms. The van der Waals surface area contributed by atoms with Gasteiger partial charge in [0.15, 0.2) is 0 Å². The van der Waals surface area contributed by atoms with Gasteiger partial charge in [-0.1, -0.05) is 24.3 Å². The molecular weight excluding hydrogens is 410 g/mol. The first-order valence-corrected chi connectivity index (χ1v) is 10.1. The number of carbonyl (C=O) groups is 1. The van der Waals surface area contributed by atoms with Crippen LogP contribution < -0.4 is 21.1 Å². The Morgan fingerprint density at radius 3 is 2.50 bits per heavy atom. The normalized spacial score (nSPS) is 11.0. The third kappa shape index (κ3) is 5.67. The molecule has 8 nitrogen and oxygen atoms in total. The Morgan fingerprint density at radius 2 is 1.81 bits per heavy atom. The third-order valence-corrected chi connectivity index (χ3v) is 4.57. The van der Waals surface area contributed by atoms with Crippen LogP contribution in [0.4, 0.5) is 16.3 Å². The van der Waals surface area contributed by atoms with Gasteiger partial charge >= 0.3 is 6.09 Å². The van der Waals surface area contributed by atoms with Crippen molar-refractivity contribution in [2.24, 2.45) is 0 Å². The second-order valence-corrected chi connectivity index (χ2v) is 8.18. The Bertz CT molecular complexity index is 1160. The molecule has 0 aliphatic rings. The standard InChI is InChI=1S/C24H26N3O5/c1-24(2,3)32-23(29)25-21-9-6-10-22(28)27(21)15-16-11-12-20(31-4)19(13-16)17-7-5-8-18(14-17)26-30/h5-14,26H,15H2,1-4H3,(H,25,29)/q-1. The molecule has 168 valence electrons. The van der Waals surface area contributed by atoms with E-state index in [9.17, 15) is 14.8 Å². The zero-order valence-electron chi connectivity index (χ0n) is 18.5. The number of carbonyl (C=O) groups excluding carboxylic acids is 1. The number of hydrogen-bond donors (Lipinski definition) is 2. The number of ether oxygens (including phenoxy) is 2. The van der Waals surface area contributed by atoms with Crippen molar-refractivity contribution in [1.82, 2.24) is 4.57 Å². The summed E-state index contributed by atoms with van der Waals surface area (Å²) in [6, 6.07) is 17.2. The number of methoxy groups -OCH3 is 1. The Morgan fingerprint density at radius 1 is 1.06 bits per heavy atom. The molecule has 0 bridgehead atoms. The van der Waals surface area contributed by atoms with Crippen molar-refractivity contribution in [2.45, 2.75) is 32.9 Å². The van der Waals surface area contributed by atoms with Gasteiger partial charge in [0.05, 0.1) is 13.7 Å². The Balaban J connectivity index is 1.95. The molecule has 8 heteroatoms. The van der Waals surface area contributed by atoms with Crippen LogP contribution in [0.5, 0.6) is 5.75 Å². The summed E-state index contributed by atoms with van der Waals surface area (Å²) in [5, 5.41) is 13.7. The minimum atomic E-state index is -0.664. The largest absolute Gasteiger partial charge is 0.761 e. The van der Waals surface area contributed by atoms with Crippen LogP contribution in [0.1, 0.15) is 26.3 Å². The van der Waals surface area contributed by atoms with Gasteiger partial charge in [-0.25, -0.2) is 4.79 Å². The van der Waals surface area contributed by atoms with E-state index >= 15 is 0 Å². The number of nitrogens with zero attached hydrogens (tertiary/aromatic N) is 1. The lowest BCUT2D eigenvalue weighted by Crippen LogP contribution is -2.30. The van der Waals surface area contributed by atoms with Crippen molar-refractivity contribution >= 4 is 17.6 Å². The molecule has 1 heterocycles. The minimum Gasteiger partial charge on any atom is -0.761 e. The molecule has 1 aromatic heterocycles. The number of amides is 1. The molecule has 2 N–H and O–H groups in total. The van der Waals surface area contributed by atoms with Crippen LogP contribution in [0.2, 0.25) is 0 Å². The first-order valence-electron chi connectivity index (χ1n) is 10.1. The Hall–Kier alpha value is -3.78. The fraction of sp³-hybridized carbons (Fsp3) is 0.250. The zero-order valence-corrected chi connectivity index (χ0v) is 18.5. The molecule has 0 unspecified atom stereocenters. The molecule has 0 atom stereocenters. The van der Waals surface area contributed by atoms with E-state index in [1.807, 2.05) is 23.7 Å². The fourth-order valence-electron chi connectivity index (χ4n) is 3.21. The summed E-state index contributed by atoms with van der Waals surface area (Å²) in [4.78, 5) is 24.8. The molecule has 0 aliphatic heterocycles. The van der Waals surface area contributed by atoms with Gasteiger partial charge in [0.2, 0.25) is 0 Å². The van der Waals surface area contributed by atoms with E-state index in [-0.39, 0.29) is 12.1 Å². The molecule has 0 saturated heterocycles. The van der Waals surface area contributed by atoms with Crippen molar-refractivity contribution in [1.29, 1.82) is 0 Å². The van der Waals surface area contributed by atoms with Gasteiger partial charge in [-0.3, -0.25) is 14.7 Å². The van der Waals surface area contributed by atoms with Gasteiger partial charge in [0.25, 0.3) is 5.56 Å². The third-order valence-electron chi connectivity index (χ3n) is 4.57. The summed E-state index contributed by atoms with van der Waals surface area (Å²) < 4.78 is 12.2. The number of hydrogen-bond acceptors (Lipinski definition) is 6. The lowest BCUT2D eigenvalue weighted by Gasteiger charge is -2.21. The summed E-state index contributed by atoms with van der Waals surface area (Å²) in [5.41, 5.74) is 3.75. The molecule has 0 radical (unpaired) electrons. The van der Waals surface area contributed by atoms with Crippen molar-refractivity contribution in [3.05, 3.63) is 81.8 Å². The van der Waals surface area contributed by atoms with Gasteiger partial charge in [0, 0.05) is 17.3 Å². The molecule has 0 aliphatic carbocycles. The van der Waals surface area contributed by atoms with E-state index in [0.717, 1.165) is 16.7 Å². The summed E-state index contributed by atoms with van der Waals surface area (Å²) in [6.07, 6.45) is -0.644. The second-order valence-electron chi connectivity index (χ2n) is 8.18. The average molecular weight is 436 g/mol. The summed E-state index contributed by atoms with van der Waals surface area (Å²) in [7, 11) is 1.57. The topological polar surface area (TPSA) is 105 Å². The number of nitrogens with one attached hydrogen (secondary N) is 2. The van der Waals surface area contributed by atoms with Crippen LogP contribution in [0, 0.1) is 5.21 Å². The number of aromatic nitrogens is 1. The van der Waals surface area contributed by atoms with Gasteiger partial charge in [0.1, 0.15) is 17.2 Å². The summed E-state index contributed by atoms with van der Waals surface area (Å²) in [5.74, 6) is 0.950. The zero-order chi connectivity index (χ0) is 23.3. The van der Waals surface area contributed by atoms with Gasteiger partial charge in [-0.15, -0.1) is 0 Å². The molecule has 0 spiro atoms. The smallest absolute Gasteiger partial charge is 0.413 e. The van der Waals surface area contributed by atoms with E-state index < -0.39 is 11.7 Å². The van der Waals surface area contributed by atoms with Crippen LogP contribution in [0.25, 0.3) is 11.1 Å². The lowest BCUT2D eigenvalue weighted by atomic mass is 10.0. The first-order chi connectivity index (χ1) is 15.2. The number of pyridine rings is 1.